The Morgan fingerprint density at radius 2 is 2.05 bits per heavy atom. The lowest BCUT2D eigenvalue weighted by Gasteiger charge is -2.06. The first-order valence-electron chi connectivity index (χ1n) is 6.55. The Bertz CT molecular complexity index is 468. The molecule has 0 atom stereocenters. The molecule has 4 nitrogen and oxygen atoms in total. The van der Waals surface area contributed by atoms with Gasteiger partial charge in [0.05, 0.1) is 11.5 Å². The van der Waals surface area contributed by atoms with Crippen molar-refractivity contribution < 1.29 is 17.7 Å². The first kappa shape index (κ1) is 16.1. The van der Waals surface area contributed by atoms with Crippen LogP contribution < -0.4 is 0 Å². The third kappa shape index (κ3) is 5.72. The van der Waals surface area contributed by atoms with Crippen LogP contribution in [-0.2, 0) is 20.7 Å². The highest BCUT2D eigenvalue weighted by molar-refractivity contribution is 7.86. The smallest absolute Gasteiger partial charge is 0.297 e. The Morgan fingerprint density at radius 1 is 1.26 bits per heavy atom. The molecule has 1 N–H and O–H groups in total. The minimum atomic E-state index is -3.80. The highest BCUT2D eigenvalue weighted by atomic mass is 32.2. The van der Waals surface area contributed by atoms with Crippen LogP contribution in [0.15, 0.2) is 29.2 Å². The van der Waals surface area contributed by atoms with Gasteiger partial charge in [-0.1, -0.05) is 38.3 Å². The lowest BCUT2D eigenvalue weighted by molar-refractivity contribution is 0.256. The lowest BCUT2D eigenvalue weighted by Crippen LogP contribution is -2.06. The largest absolute Gasteiger partial charge is 0.394 e. The number of aliphatic hydroxyl groups is 1. The molecule has 0 saturated heterocycles. The zero-order valence-corrected chi connectivity index (χ0v) is 12.0. The average molecular weight is 285 g/mol. The molecule has 5 heteroatoms. The van der Waals surface area contributed by atoms with E-state index in [2.05, 4.69) is 11.1 Å². The van der Waals surface area contributed by atoms with Crippen molar-refractivity contribution in [3.63, 3.8) is 0 Å². The maximum Gasteiger partial charge on any atom is 0.297 e. The minimum absolute atomic E-state index is 0.130. The molecule has 107 valence electrons. The van der Waals surface area contributed by atoms with Crippen molar-refractivity contribution in [3.8, 4) is 0 Å². The monoisotopic (exact) mass is 285 g/mol. The molecule has 0 bridgehead atoms. The Balaban J connectivity index is 2.66. The maximum atomic E-state index is 11.8. The van der Waals surface area contributed by atoms with Gasteiger partial charge in [-0.15, -0.1) is 0 Å². The molecule has 0 unspecified atom stereocenters. The molecular formula is C14H21O4S. The number of hydrogen-bond donors (Lipinski definition) is 1. The van der Waals surface area contributed by atoms with Gasteiger partial charge in [-0.2, -0.15) is 8.42 Å². The summed E-state index contributed by atoms with van der Waals surface area (Å²) in [6, 6.07) is 6.76. The summed E-state index contributed by atoms with van der Waals surface area (Å²) in [4.78, 5) is 0.130. The molecule has 1 aromatic carbocycles. The SMILES string of the molecule is CCCCCCc1cccc(S(=O)(=O)O[CH]CO)c1. The fourth-order valence-electron chi connectivity index (χ4n) is 1.79. The number of unbranched alkanes of at least 4 members (excludes halogenated alkanes) is 3. The molecule has 0 amide bonds. The second-order valence-electron chi connectivity index (χ2n) is 4.36. The van der Waals surface area contributed by atoms with Crippen LogP contribution in [0.25, 0.3) is 0 Å². The predicted molar refractivity (Wildman–Crippen MR) is 73.9 cm³/mol. The maximum absolute atomic E-state index is 11.8. The van der Waals surface area contributed by atoms with Crippen molar-refractivity contribution in [2.75, 3.05) is 6.61 Å². The van der Waals surface area contributed by atoms with E-state index in [4.69, 9.17) is 5.11 Å². The van der Waals surface area contributed by atoms with E-state index in [9.17, 15) is 8.42 Å². The molecule has 0 heterocycles. The number of hydrogen-bond acceptors (Lipinski definition) is 4. The van der Waals surface area contributed by atoms with Crippen molar-refractivity contribution in [1.29, 1.82) is 0 Å². The summed E-state index contributed by atoms with van der Waals surface area (Å²) in [6.07, 6.45) is 5.46. The summed E-state index contributed by atoms with van der Waals surface area (Å²) >= 11 is 0. The topological polar surface area (TPSA) is 63.6 Å². The second kappa shape index (κ2) is 8.30. The molecule has 0 saturated carbocycles. The lowest BCUT2D eigenvalue weighted by atomic mass is 10.1. The van der Waals surface area contributed by atoms with E-state index >= 15 is 0 Å². The Kier molecular flexibility index (Phi) is 7.05. The number of rotatable bonds is 9. The van der Waals surface area contributed by atoms with Crippen molar-refractivity contribution in [1.82, 2.24) is 0 Å². The van der Waals surface area contributed by atoms with Gasteiger partial charge in [0.15, 0.2) is 0 Å². The van der Waals surface area contributed by atoms with Crippen LogP contribution in [0.5, 0.6) is 0 Å². The van der Waals surface area contributed by atoms with Crippen molar-refractivity contribution in [3.05, 3.63) is 36.4 Å². The molecule has 1 aromatic rings. The Labute approximate surface area is 115 Å². The average Bonchev–Trinajstić information content (AvgIpc) is 2.42. The molecule has 0 spiro atoms. The number of aryl methyl sites for hydroxylation is 1. The summed E-state index contributed by atoms with van der Waals surface area (Å²) in [5.41, 5.74) is 0.991. The van der Waals surface area contributed by atoms with Gasteiger partial charge in [0.2, 0.25) is 0 Å². The molecule has 0 aromatic heterocycles. The Morgan fingerprint density at radius 3 is 2.74 bits per heavy atom. The summed E-state index contributed by atoms with van der Waals surface area (Å²) in [6.45, 7) is 2.58. The standard InChI is InChI=1S/C14H21O4S/c1-2-3-4-5-7-13-8-6-9-14(12-13)19(16,17)18-11-10-15/h6,8-9,11-12,15H,2-5,7,10H2,1H3. The fraction of sp³-hybridized carbons (Fsp3) is 0.500. The van der Waals surface area contributed by atoms with Gasteiger partial charge in [0.25, 0.3) is 10.1 Å². The normalized spacial score (nSPS) is 11.7. The van der Waals surface area contributed by atoms with E-state index in [0.717, 1.165) is 31.4 Å². The summed E-state index contributed by atoms with van der Waals surface area (Å²) in [5, 5.41) is 8.55. The first-order valence-corrected chi connectivity index (χ1v) is 7.95. The van der Waals surface area contributed by atoms with Crippen LogP contribution in [0.3, 0.4) is 0 Å². The van der Waals surface area contributed by atoms with Crippen LogP contribution in [0.2, 0.25) is 0 Å². The first-order chi connectivity index (χ1) is 9.10. The summed E-state index contributed by atoms with van der Waals surface area (Å²) in [7, 11) is -3.80. The van der Waals surface area contributed by atoms with E-state index in [1.807, 2.05) is 6.07 Å². The van der Waals surface area contributed by atoms with Crippen LogP contribution in [-0.4, -0.2) is 20.1 Å². The van der Waals surface area contributed by atoms with Crippen LogP contribution in [0.4, 0.5) is 0 Å². The van der Waals surface area contributed by atoms with Crippen LogP contribution >= 0.6 is 0 Å². The third-order valence-corrected chi connectivity index (χ3v) is 4.00. The summed E-state index contributed by atoms with van der Waals surface area (Å²) < 4.78 is 28.1. The highest BCUT2D eigenvalue weighted by Gasteiger charge is 2.15. The zero-order chi connectivity index (χ0) is 14.1. The van der Waals surface area contributed by atoms with E-state index in [-0.39, 0.29) is 4.90 Å². The summed E-state index contributed by atoms with van der Waals surface area (Å²) in [5.74, 6) is 0. The third-order valence-electron chi connectivity index (χ3n) is 2.78. The number of aliphatic hydroxyl groups excluding tert-OH is 1. The molecule has 1 radical (unpaired) electrons. The second-order valence-corrected chi connectivity index (χ2v) is 5.93. The van der Waals surface area contributed by atoms with Gasteiger partial charge in [0, 0.05) is 0 Å². The van der Waals surface area contributed by atoms with E-state index < -0.39 is 16.7 Å². The van der Waals surface area contributed by atoms with Crippen molar-refractivity contribution in [2.24, 2.45) is 0 Å². The molecule has 19 heavy (non-hydrogen) atoms. The van der Waals surface area contributed by atoms with Gasteiger partial charge in [-0.05, 0) is 30.5 Å². The zero-order valence-electron chi connectivity index (χ0n) is 11.2. The van der Waals surface area contributed by atoms with Gasteiger partial charge in [-0.25, -0.2) is 0 Å². The predicted octanol–water partition coefficient (Wildman–Crippen LogP) is 2.67. The molecular weight excluding hydrogens is 264 g/mol. The fourth-order valence-corrected chi connectivity index (χ4v) is 2.68. The van der Waals surface area contributed by atoms with E-state index in [1.54, 1.807) is 12.1 Å². The minimum Gasteiger partial charge on any atom is -0.394 e. The van der Waals surface area contributed by atoms with Gasteiger partial charge < -0.3 is 5.11 Å². The quantitative estimate of drug-likeness (QED) is 0.559. The molecule has 1 rings (SSSR count). The number of benzene rings is 1. The van der Waals surface area contributed by atoms with Gasteiger partial charge in [-0.3, -0.25) is 4.18 Å². The molecule has 0 aliphatic rings. The molecule has 0 fully saturated rings. The van der Waals surface area contributed by atoms with Crippen molar-refractivity contribution >= 4 is 10.1 Å². The van der Waals surface area contributed by atoms with E-state index in [1.165, 1.54) is 18.9 Å². The van der Waals surface area contributed by atoms with Crippen LogP contribution in [0.1, 0.15) is 38.2 Å². The molecule has 0 aliphatic heterocycles. The molecule has 0 aliphatic carbocycles. The van der Waals surface area contributed by atoms with E-state index in [0.29, 0.717) is 0 Å². The van der Waals surface area contributed by atoms with Gasteiger partial charge >= 0.3 is 0 Å². The highest BCUT2D eigenvalue weighted by Crippen LogP contribution is 2.16. The Hall–Kier alpha value is -0.910. The van der Waals surface area contributed by atoms with Crippen LogP contribution in [0, 0.1) is 6.61 Å². The van der Waals surface area contributed by atoms with Crippen molar-refractivity contribution in [2.45, 2.75) is 43.9 Å². The van der Waals surface area contributed by atoms with Gasteiger partial charge in [0.1, 0.15) is 6.61 Å².